The molecule has 0 fully saturated rings. The molecule has 2 aromatic heterocycles. The Morgan fingerprint density at radius 2 is 1.87 bits per heavy atom. The number of aliphatic hydroxyl groups is 1. The van der Waals surface area contributed by atoms with Crippen LogP contribution in [0.2, 0.25) is 5.28 Å². The van der Waals surface area contributed by atoms with Crippen LogP contribution in [-0.4, -0.2) is 59.1 Å². The number of nitrogen functional groups attached to an aromatic ring is 1. The Balaban J connectivity index is 2.18. The molecule has 6 N–H and O–H groups in total. The number of nitrogens with zero attached hydrogens (tertiary/aromatic N) is 4. The van der Waals surface area contributed by atoms with Crippen molar-refractivity contribution in [3.63, 3.8) is 0 Å². The van der Waals surface area contributed by atoms with Crippen LogP contribution < -0.4 is 5.73 Å². The molecular weight excluding hydrogens is 591 g/mol. The van der Waals surface area contributed by atoms with E-state index in [1.165, 1.54) is 23.9 Å². The minimum absolute atomic E-state index is 0.0418. The largest absolute Gasteiger partial charge is 0.490 e. The second kappa shape index (κ2) is 12.2. The lowest BCUT2D eigenvalue weighted by atomic mass is 9.68. The molecule has 2 rings (SSSR count). The number of phosphoric ester groups is 2. The molecule has 0 aliphatic rings. The van der Waals surface area contributed by atoms with E-state index in [4.69, 9.17) is 33.2 Å². The average Bonchev–Trinajstić information content (AvgIpc) is 3.19. The Hall–Kier alpha value is -1.69. The molecule has 20 heteroatoms. The highest BCUT2D eigenvalue weighted by Gasteiger charge is 2.44. The van der Waals surface area contributed by atoms with Crippen molar-refractivity contribution >= 4 is 52.1 Å². The van der Waals surface area contributed by atoms with Gasteiger partial charge >= 0.3 is 23.5 Å². The first kappa shape index (κ1) is 32.5. The highest BCUT2D eigenvalue weighted by Crippen LogP contribution is 2.67. The maximum atomic E-state index is 12.2. The van der Waals surface area contributed by atoms with Crippen LogP contribution in [0.1, 0.15) is 13.8 Å². The van der Waals surface area contributed by atoms with Gasteiger partial charge in [0.1, 0.15) is 5.52 Å². The number of imidazole rings is 1. The Kier molecular flexibility index (Phi) is 10.5. The first-order valence-electron chi connectivity index (χ1n) is 10.4. The lowest BCUT2D eigenvalue weighted by Crippen LogP contribution is -2.43. The summed E-state index contributed by atoms with van der Waals surface area (Å²) in [6.07, 6.45) is 7.29. The van der Waals surface area contributed by atoms with Crippen LogP contribution in [-0.2, 0) is 37.9 Å². The molecule has 0 aliphatic carbocycles. The van der Waals surface area contributed by atoms with Crippen molar-refractivity contribution in [2.45, 2.75) is 26.5 Å². The minimum Gasteiger partial charge on any atom is -0.390 e. The first-order chi connectivity index (χ1) is 17.4. The standard InChI is InChI=1S/C18H27ClN5O11P3/c1-6-12(11(3)9-33-37(28,29)35-38(30,31)34-36(26,27)32-5)18(4,7-2)13(25)8-24-10-21-14-15(20)22-17(19)23-16(14)24/h2,6,10-13,25H,1,8-9H2,3-5H3,(H,26,27)(H,28,29)(H,30,31)(H2,20,22,23)/t11-,12-,13+,18-/m1/s1. The van der Waals surface area contributed by atoms with Crippen molar-refractivity contribution in [3.05, 3.63) is 24.3 Å². The highest BCUT2D eigenvalue weighted by atomic mass is 35.5. The third-order valence-electron chi connectivity index (χ3n) is 5.54. The number of halogens is 1. The fourth-order valence-corrected chi connectivity index (χ4v) is 7.10. The van der Waals surface area contributed by atoms with Crippen LogP contribution in [0.5, 0.6) is 0 Å². The third kappa shape index (κ3) is 7.92. The number of phosphoric acid groups is 3. The molecule has 0 radical (unpaired) electrons. The highest BCUT2D eigenvalue weighted by molar-refractivity contribution is 7.66. The zero-order valence-corrected chi connectivity index (χ0v) is 23.8. The van der Waals surface area contributed by atoms with Gasteiger partial charge in [0.2, 0.25) is 5.28 Å². The maximum Gasteiger partial charge on any atom is 0.490 e. The second-order valence-corrected chi connectivity index (χ2v) is 13.3. The number of allylic oxidation sites excluding steroid dienone is 1. The van der Waals surface area contributed by atoms with E-state index in [0.29, 0.717) is 7.11 Å². The zero-order chi connectivity index (χ0) is 29.1. The summed E-state index contributed by atoms with van der Waals surface area (Å²) in [5.74, 6) is 1.07. The van der Waals surface area contributed by atoms with Gasteiger partial charge in [-0.25, -0.2) is 18.7 Å². The molecule has 2 aromatic rings. The fourth-order valence-electron chi connectivity index (χ4n) is 3.58. The average molecular weight is 618 g/mol. The monoisotopic (exact) mass is 617 g/mol. The van der Waals surface area contributed by atoms with E-state index >= 15 is 0 Å². The summed E-state index contributed by atoms with van der Waals surface area (Å²) in [5, 5.41) is 11.0. The Morgan fingerprint density at radius 3 is 2.42 bits per heavy atom. The van der Waals surface area contributed by atoms with Gasteiger partial charge in [-0.15, -0.1) is 13.0 Å². The molecule has 2 heterocycles. The van der Waals surface area contributed by atoms with E-state index in [-0.39, 0.29) is 28.8 Å². The summed E-state index contributed by atoms with van der Waals surface area (Å²) in [6.45, 7) is 6.10. The van der Waals surface area contributed by atoms with E-state index in [9.17, 15) is 28.6 Å². The predicted molar refractivity (Wildman–Crippen MR) is 135 cm³/mol. The van der Waals surface area contributed by atoms with Gasteiger partial charge in [0, 0.05) is 13.0 Å². The fraction of sp³-hybridized carbons (Fsp3) is 0.500. The predicted octanol–water partition coefficient (Wildman–Crippen LogP) is 2.50. The van der Waals surface area contributed by atoms with E-state index in [1.807, 2.05) is 0 Å². The molecule has 212 valence electrons. The number of hydrogen-bond donors (Lipinski definition) is 5. The first-order valence-corrected chi connectivity index (χ1v) is 15.3. The van der Waals surface area contributed by atoms with Crippen molar-refractivity contribution in [2.75, 3.05) is 19.5 Å². The number of hydrogen-bond acceptors (Lipinski definition) is 12. The van der Waals surface area contributed by atoms with Crippen LogP contribution in [0, 0.1) is 29.6 Å². The number of nitrogens with two attached hydrogens (primary N) is 1. The minimum atomic E-state index is -5.56. The molecule has 0 bridgehead atoms. The van der Waals surface area contributed by atoms with Crippen molar-refractivity contribution in [3.8, 4) is 12.3 Å². The molecule has 0 saturated carbocycles. The number of terminal acetylenes is 1. The van der Waals surface area contributed by atoms with Gasteiger partial charge in [-0.1, -0.05) is 18.9 Å². The van der Waals surface area contributed by atoms with E-state index < -0.39 is 53.4 Å². The molecule has 0 saturated heterocycles. The summed E-state index contributed by atoms with van der Waals surface area (Å²) in [7, 11) is -15.2. The summed E-state index contributed by atoms with van der Waals surface area (Å²) >= 11 is 5.88. The SMILES string of the molecule is C#C[C@](C)([C@H](C=C)[C@H](C)COP(=O)(O)OP(=O)(O)OP(=O)(O)OC)[C@@H](O)Cn1cnc2c(N)nc(Cl)nc21. The van der Waals surface area contributed by atoms with Gasteiger partial charge in [-0.3, -0.25) is 9.05 Å². The maximum absolute atomic E-state index is 12.2. The third-order valence-corrected chi connectivity index (χ3v) is 9.95. The second-order valence-electron chi connectivity index (χ2n) is 8.18. The van der Waals surface area contributed by atoms with E-state index in [0.717, 1.165) is 0 Å². The molecule has 7 atom stereocenters. The topological polar surface area (TPSA) is 239 Å². The lowest BCUT2D eigenvalue weighted by molar-refractivity contribution is 0.0129. The number of aromatic nitrogens is 4. The molecule has 3 unspecified atom stereocenters. The van der Waals surface area contributed by atoms with E-state index in [2.05, 4.69) is 40.6 Å². The summed E-state index contributed by atoms with van der Waals surface area (Å²) in [4.78, 5) is 40.5. The molecule has 0 aliphatic heterocycles. The Morgan fingerprint density at radius 1 is 1.26 bits per heavy atom. The van der Waals surface area contributed by atoms with Gasteiger partial charge in [0.05, 0.1) is 31.0 Å². The summed E-state index contributed by atoms with van der Waals surface area (Å²) < 4.78 is 53.4. The quantitative estimate of drug-likeness (QED) is 0.0885. The van der Waals surface area contributed by atoms with Gasteiger partial charge in [-0.05, 0) is 24.4 Å². The molecule has 0 spiro atoms. The van der Waals surface area contributed by atoms with Crippen LogP contribution >= 0.6 is 35.1 Å². The summed E-state index contributed by atoms with van der Waals surface area (Å²) in [5.41, 5.74) is 4.97. The molecule has 16 nitrogen and oxygen atoms in total. The van der Waals surface area contributed by atoms with Crippen molar-refractivity contribution in [1.82, 2.24) is 19.5 Å². The molecule has 0 aromatic carbocycles. The van der Waals surface area contributed by atoms with Crippen LogP contribution in [0.25, 0.3) is 11.2 Å². The van der Waals surface area contributed by atoms with E-state index in [1.54, 1.807) is 6.92 Å². The van der Waals surface area contributed by atoms with Crippen LogP contribution in [0.3, 0.4) is 0 Å². The van der Waals surface area contributed by atoms with Crippen LogP contribution in [0.4, 0.5) is 5.82 Å². The number of aliphatic hydroxyl groups excluding tert-OH is 1. The van der Waals surface area contributed by atoms with Crippen molar-refractivity contribution < 1.29 is 51.2 Å². The summed E-state index contributed by atoms with van der Waals surface area (Å²) in [6, 6.07) is 0. The Bertz CT molecular complexity index is 1370. The zero-order valence-electron chi connectivity index (χ0n) is 20.3. The number of rotatable bonds is 14. The van der Waals surface area contributed by atoms with Crippen molar-refractivity contribution in [2.24, 2.45) is 17.3 Å². The van der Waals surface area contributed by atoms with Crippen LogP contribution in [0.15, 0.2) is 19.0 Å². The number of fused-ring (bicyclic) bond motifs is 1. The van der Waals surface area contributed by atoms with Gasteiger partial charge in [0.15, 0.2) is 11.5 Å². The molecule has 0 amide bonds. The smallest absolute Gasteiger partial charge is 0.390 e. The Labute approximate surface area is 222 Å². The van der Waals surface area contributed by atoms with Gasteiger partial charge < -0.3 is 30.1 Å². The van der Waals surface area contributed by atoms with Gasteiger partial charge in [-0.2, -0.15) is 18.6 Å². The molecule has 38 heavy (non-hydrogen) atoms. The normalized spacial score (nSPS) is 20.7. The lowest BCUT2D eigenvalue weighted by Gasteiger charge is -2.39. The number of anilines is 1. The van der Waals surface area contributed by atoms with Gasteiger partial charge in [0.25, 0.3) is 0 Å². The van der Waals surface area contributed by atoms with Crippen molar-refractivity contribution in [1.29, 1.82) is 0 Å². The molecular formula is C18H27ClN5O11P3.